The highest BCUT2D eigenvalue weighted by Crippen LogP contribution is 2.04. The molecule has 0 saturated carbocycles. The van der Waals surface area contributed by atoms with Gasteiger partial charge in [-0.1, -0.05) is 0 Å². The van der Waals surface area contributed by atoms with E-state index in [0.29, 0.717) is 6.61 Å². The van der Waals surface area contributed by atoms with Gasteiger partial charge in [0.15, 0.2) is 5.88 Å². The van der Waals surface area contributed by atoms with E-state index in [1.54, 1.807) is 7.11 Å². The molecule has 3 nitrogen and oxygen atoms in total. The van der Waals surface area contributed by atoms with Crippen LogP contribution < -0.4 is 0 Å². The molecule has 0 amide bonds. The largest absolute Gasteiger partial charge is 0.474 e. The third-order valence-corrected chi connectivity index (χ3v) is 1.41. The average molecular weight is 173 g/mol. The number of ether oxygens (including phenoxy) is 2. The predicted octanol–water partition coefficient (Wildman–Crippen LogP) is 1.46. The first-order valence-electron chi connectivity index (χ1n) is 4.11. The number of hydrogen-bond donors (Lipinski definition) is 0. The van der Waals surface area contributed by atoms with Crippen LogP contribution in [0.2, 0.25) is 0 Å². The van der Waals surface area contributed by atoms with E-state index in [-0.39, 0.29) is 6.10 Å². The molecule has 0 heterocycles. The molecule has 0 spiro atoms. The van der Waals surface area contributed by atoms with Crippen molar-refractivity contribution < 1.29 is 9.47 Å². The van der Waals surface area contributed by atoms with Gasteiger partial charge in [-0.15, -0.1) is 0 Å². The van der Waals surface area contributed by atoms with Crippen LogP contribution in [0.1, 0.15) is 13.8 Å². The van der Waals surface area contributed by atoms with Gasteiger partial charge in [-0.05, 0) is 19.9 Å². The molecule has 72 valence electrons. The van der Waals surface area contributed by atoms with Crippen molar-refractivity contribution in [1.29, 1.82) is 0 Å². The molecule has 1 atom stereocenters. The van der Waals surface area contributed by atoms with Crippen molar-refractivity contribution in [3.8, 4) is 0 Å². The zero-order valence-electron chi connectivity index (χ0n) is 8.63. The Labute approximate surface area is 75.0 Å². The summed E-state index contributed by atoms with van der Waals surface area (Å²) in [5, 5.41) is 0. The fourth-order valence-electron chi connectivity index (χ4n) is 0.907. The number of rotatable bonds is 5. The SMILES string of the molecule is C/C=C(\OC(C)COC)N(C)C. The van der Waals surface area contributed by atoms with E-state index < -0.39 is 0 Å². The summed E-state index contributed by atoms with van der Waals surface area (Å²) < 4.78 is 10.5. The Morgan fingerprint density at radius 3 is 2.42 bits per heavy atom. The summed E-state index contributed by atoms with van der Waals surface area (Å²) in [6.07, 6.45) is 2.04. The smallest absolute Gasteiger partial charge is 0.184 e. The highest BCUT2D eigenvalue weighted by molar-refractivity contribution is 4.87. The van der Waals surface area contributed by atoms with E-state index >= 15 is 0 Å². The zero-order valence-corrected chi connectivity index (χ0v) is 8.63. The van der Waals surface area contributed by atoms with E-state index in [9.17, 15) is 0 Å². The topological polar surface area (TPSA) is 21.7 Å². The summed E-state index contributed by atoms with van der Waals surface area (Å²) in [6, 6.07) is 0. The van der Waals surface area contributed by atoms with Crippen molar-refractivity contribution in [2.75, 3.05) is 27.8 Å². The second-order valence-corrected chi connectivity index (χ2v) is 2.91. The molecule has 0 aromatic rings. The third kappa shape index (κ3) is 4.23. The summed E-state index contributed by atoms with van der Waals surface area (Å²) in [4.78, 5) is 1.94. The van der Waals surface area contributed by atoms with Crippen molar-refractivity contribution in [2.45, 2.75) is 20.0 Å². The second kappa shape index (κ2) is 5.89. The molecule has 0 bridgehead atoms. The van der Waals surface area contributed by atoms with Crippen molar-refractivity contribution in [2.24, 2.45) is 0 Å². The minimum absolute atomic E-state index is 0.101. The second-order valence-electron chi connectivity index (χ2n) is 2.91. The molecule has 0 aromatic heterocycles. The molecule has 0 fully saturated rings. The van der Waals surface area contributed by atoms with Crippen molar-refractivity contribution in [3.63, 3.8) is 0 Å². The van der Waals surface area contributed by atoms with E-state index in [2.05, 4.69) is 0 Å². The number of methoxy groups -OCH3 is 1. The van der Waals surface area contributed by atoms with Gasteiger partial charge in [-0.25, -0.2) is 0 Å². The van der Waals surface area contributed by atoms with Crippen molar-refractivity contribution in [1.82, 2.24) is 4.90 Å². The van der Waals surface area contributed by atoms with Crippen LogP contribution in [0.3, 0.4) is 0 Å². The van der Waals surface area contributed by atoms with Gasteiger partial charge in [0.25, 0.3) is 0 Å². The van der Waals surface area contributed by atoms with Gasteiger partial charge in [0, 0.05) is 21.2 Å². The lowest BCUT2D eigenvalue weighted by atomic mass is 10.4. The zero-order chi connectivity index (χ0) is 9.56. The Bertz CT molecular complexity index is 143. The van der Waals surface area contributed by atoms with Gasteiger partial charge >= 0.3 is 0 Å². The molecule has 0 N–H and O–H groups in total. The van der Waals surface area contributed by atoms with Crippen LogP contribution in [0.15, 0.2) is 12.0 Å². The fourth-order valence-corrected chi connectivity index (χ4v) is 0.907. The minimum Gasteiger partial charge on any atom is -0.474 e. The van der Waals surface area contributed by atoms with Gasteiger partial charge < -0.3 is 14.4 Å². The van der Waals surface area contributed by atoms with Crippen LogP contribution >= 0.6 is 0 Å². The van der Waals surface area contributed by atoms with Crippen LogP contribution in [-0.2, 0) is 9.47 Å². The Morgan fingerprint density at radius 2 is 2.08 bits per heavy atom. The maximum atomic E-state index is 5.56. The van der Waals surface area contributed by atoms with Gasteiger partial charge in [0.2, 0.25) is 0 Å². The van der Waals surface area contributed by atoms with Crippen molar-refractivity contribution >= 4 is 0 Å². The molecule has 0 aliphatic rings. The first-order valence-corrected chi connectivity index (χ1v) is 4.11. The third-order valence-electron chi connectivity index (χ3n) is 1.41. The predicted molar refractivity (Wildman–Crippen MR) is 49.9 cm³/mol. The standard InChI is InChI=1S/C9H19NO2/c1-6-9(10(3)4)12-8(2)7-11-5/h6,8H,7H2,1-5H3/b9-6-. The summed E-state index contributed by atoms with van der Waals surface area (Å²) >= 11 is 0. The highest BCUT2D eigenvalue weighted by Gasteiger charge is 2.05. The summed E-state index contributed by atoms with van der Waals surface area (Å²) in [5.41, 5.74) is 0. The van der Waals surface area contributed by atoms with Crippen molar-refractivity contribution in [3.05, 3.63) is 12.0 Å². The minimum atomic E-state index is 0.101. The van der Waals surface area contributed by atoms with Crippen LogP contribution in [0.4, 0.5) is 0 Å². The lowest BCUT2D eigenvalue weighted by Gasteiger charge is -2.21. The molecular weight excluding hydrogens is 154 g/mol. The van der Waals surface area contributed by atoms with Gasteiger partial charge in [0.1, 0.15) is 6.10 Å². The molecular formula is C9H19NO2. The molecule has 0 aliphatic heterocycles. The monoisotopic (exact) mass is 173 g/mol. The first-order chi connectivity index (χ1) is 5.61. The van der Waals surface area contributed by atoms with Crippen LogP contribution in [0.25, 0.3) is 0 Å². The molecule has 3 heteroatoms. The molecule has 0 radical (unpaired) electrons. The van der Waals surface area contributed by atoms with Crippen LogP contribution in [0, 0.1) is 0 Å². The first kappa shape index (κ1) is 11.3. The molecule has 0 aliphatic carbocycles. The average Bonchev–Trinajstić information content (AvgIpc) is 2.00. The lowest BCUT2D eigenvalue weighted by molar-refractivity contribution is 0.0213. The number of nitrogens with zero attached hydrogens (tertiary/aromatic N) is 1. The lowest BCUT2D eigenvalue weighted by Crippen LogP contribution is -2.21. The fraction of sp³-hybridized carbons (Fsp3) is 0.778. The molecule has 0 aromatic carbocycles. The van der Waals surface area contributed by atoms with Crippen LogP contribution in [-0.4, -0.2) is 38.8 Å². The Balaban J connectivity index is 3.87. The normalized spacial score (nSPS) is 14.2. The number of hydrogen-bond acceptors (Lipinski definition) is 3. The Morgan fingerprint density at radius 1 is 1.50 bits per heavy atom. The molecule has 12 heavy (non-hydrogen) atoms. The molecule has 1 unspecified atom stereocenters. The van der Waals surface area contributed by atoms with E-state index in [1.165, 1.54) is 0 Å². The Hall–Kier alpha value is -0.700. The van der Waals surface area contributed by atoms with E-state index in [4.69, 9.17) is 9.47 Å². The maximum Gasteiger partial charge on any atom is 0.184 e. The van der Waals surface area contributed by atoms with Crippen LogP contribution in [0.5, 0.6) is 0 Å². The van der Waals surface area contributed by atoms with E-state index in [0.717, 1.165) is 5.88 Å². The quantitative estimate of drug-likeness (QED) is 0.587. The van der Waals surface area contributed by atoms with Gasteiger partial charge in [0.05, 0.1) is 6.61 Å². The van der Waals surface area contributed by atoms with E-state index in [1.807, 2.05) is 38.9 Å². The summed E-state index contributed by atoms with van der Waals surface area (Å²) in [5.74, 6) is 0.875. The molecule has 0 rings (SSSR count). The highest BCUT2D eigenvalue weighted by atomic mass is 16.5. The summed E-state index contributed by atoms with van der Waals surface area (Å²) in [6.45, 7) is 4.55. The Kier molecular flexibility index (Phi) is 5.54. The molecule has 0 saturated heterocycles. The van der Waals surface area contributed by atoms with Gasteiger partial charge in [-0.3, -0.25) is 0 Å². The van der Waals surface area contributed by atoms with Gasteiger partial charge in [-0.2, -0.15) is 0 Å². The number of allylic oxidation sites excluding steroid dienone is 1. The summed E-state index contributed by atoms with van der Waals surface area (Å²) in [7, 11) is 5.58. The maximum absolute atomic E-state index is 5.56.